The zero-order valence-corrected chi connectivity index (χ0v) is 22.0. The number of hydrogen-bond donors (Lipinski definition) is 3. The number of aryl methyl sites for hydroxylation is 1. The number of nitrogens with one attached hydrogen (secondary N) is 2. The molecule has 1 aliphatic heterocycles. The van der Waals surface area contributed by atoms with E-state index in [0.717, 1.165) is 44.7 Å². The molecule has 2 aliphatic rings. The summed E-state index contributed by atoms with van der Waals surface area (Å²) < 4.78 is 0. The molecule has 1 amide bonds. The minimum Gasteiger partial charge on any atom is -0.480 e. The fraction of sp³-hybridized carbons (Fsp3) is 0.643. The van der Waals surface area contributed by atoms with Gasteiger partial charge in [0.15, 0.2) is 0 Å². The van der Waals surface area contributed by atoms with E-state index in [1.54, 1.807) is 0 Å². The molecule has 1 aromatic rings. The van der Waals surface area contributed by atoms with Crippen molar-refractivity contribution in [2.45, 2.75) is 72.3 Å². The van der Waals surface area contributed by atoms with Crippen molar-refractivity contribution in [3.8, 4) is 0 Å². The second kappa shape index (κ2) is 15.6. The van der Waals surface area contributed by atoms with Gasteiger partial charge in [0.05, 0.1) is 6.54 Å². The van der Waals surface area contributed by atoms with Crippen molar-refractivity contribution in [2.24, 2.45) is 17.8 Å². The van der Waals surface area contributed by atoms with Gasteiger partial charge in [-0.25, -0.2) is 0 Å². The summed E-state index contributed by atoms with van der Waals surface area (Å²) in [5.41, 5.74) is 3.81. The number of hydrogen-bond acceptors (Lipinski definition) is 5. The quantitative estimate of drug-likeness (QED) is 0.353. The fourth-order valence-corrected chi connectivity index (χ4v) is 5.12. The lowest BCUT2D eigenvalue weighted by atomic mass is 9.72. The lowest BCUT2D eigenvalue weighted by molar-refractivity contribution is -0.139. The molecule has 0 bridgehead atoms. The highest BCUT2D eigenvalue weighted by atomic mass is 16.7. The maximum absolute atomic E-state index is 11.3. The van der Waals surface area contributed by atoms with Crippen LogP contribution in [-0.2, 0) is 20.8 Å². The van der Waals surface area contributed by atoms with Crippen LogP contribution >= 0.6 is 0 Å². The van der Waals surface area contributed by atoms with Gasteiger partial charge in [0.1, 0.15) is 11.8 Å². The number of carboxylic acid groups (broad SMARTS) is 1. The predicted octanol–water partition coefficient (Wildman–Crippen LogP) is 4.40. The third-order valence-corrected chi connectivity index (χ3v) is 7.24. The monoisotopic (exact) mass is 487 g/mol. The average molecular weight is 488 g/mol. The Morgan fingerprint density at radius 3 is 2.43 bits per heavy atom. The van der Waals surface area contributed by atoms with Crippen LogP contribution in [0.5, 0.6) is 0 Å². The summed E-state index contributed by atoms with van der Waals surface area (Å²) in [7, 11) is 0. The Kier molecular flexibility index (Phi) is 12.8. The third kappa shape index (κ3) is 10.4. The van der Waals surface area contributed by atoms with E-state index in [0.29, 0.717) is 24.3 Å². The van der Waals surface area contributed by atoms with E-state index < -0.39 is 5.97 Å². The summed E-state index contributed by atoms with van der Waals surface area (Å²) in [6.07, 6.45) is 8.29. The number of rotatable bonds is 9. The number of amides is 1. The molecule has 7 heteroatoms. The average Bonchev–Trinajstić information content (AvgIpc) is 3.09. The van der Waals surface area contributed by atoms with Gasteiger partial charge in [-0.1, -0.05) is 44.2 Å². The first-order valence-corrected chi connectivity index (χ1v) is 13.2. The summed E-state index contributed by atoms with van der Waals surface area (Å²) in [5, 5.41) is 12.5. The summed E-state index contributed by atoms with van der Waals surface area (Å²) in [6.45, 7) is 11.1. The van der Waals surface area contributed by atoms with Crippen LogP contribution in [0, 0.1) is 17.8 Å². The Hall–Kier alpha value is -2.38. The first-order chi connectivity index (χ1) is 16.9. The smallest absolute Gasteiger partial charge is 0.320 e. The molecule has 1 aliphatic carbocycles. The molecule has 0 radical (unpaired) electrons. The van der Waals surface area contributed by atoms with E-state index >= 15 is 0 Å². The lowest BCUT2D eigenvalue weighted by Gasteiger charge is -2.37. The van der Waals surface area contributed by atoms with Gasteiger partial charge >= 0.3 is 5.97 Å². The molecule has 1 saturated heterocycles. The molecule has 1 saturated carbocycles. The lowest BCUT2D eigenvalue weighted by Crippen LogP contribution is -2.39. The number of carbonyl (C=O) groups excluding carboxylic acids is 1. The zero-order chi connectivity index (χ0) is 25.6. The Balaban J connectivity index is 0.000000456. The van der Waals surface area contributed by atoms with Crippen LogP contribution in [0.2, 0.25) is 0 Å². The molecule has 2 fully saturated rings. The normalized spacial score (nSPS) is 24.4. The minimum atomic E-state index is -0.722. The summed E-state index contributed by atoms with van der Waals surface area (Å²) in [5.74, 6) is 1.68. The van der Waals surface area contributed by atoms with Gasteiger partial charge in [-0.2, -0.15) is 5.48 Å². The number of carbonyl (C=O) groups is 2. The van der Waals surface area contributed by atoms with Gasteiger partial charge in [-0.05, 0) is 87.9 Å². The minimum absolute atomic E-state index is 0.211. The molecule has 1 aromatic carbocycles. The molecule has 4 unspecified atom stereocenters. The Labute approximate surface area is 211 Å². The first kappa shape index (κ1) is 28.9. The van der Waals surface area contributed by atoms with Crippen LogP contribution in [0.1, 0.15) is 65.4 Å². The molecule has 3 rings (SSSR count). The van der Waals surface area contributed by atoms with Crippen LogP contribution in [0.15, 0.2) is 42.2 Å². The highest BCUT2D eigenvalue weighted by molar-refractivity contribution is 5.73. The highest BCUT2D eigenvalue weighted by Crippen LogP contribution is 2.38. The van der Waals surface area contributed by atoms with Crippen molar-refractivity contribution in [2.75, 3.05) is 26.2 Å². The maximum Gasteiger partial charge on any atom is 0.320 e. The molecule has 196 valence electrons. The standard InChI is InChI=1S/C20H35N3O4.C8H10/c1-4-18(27-22-14(3)24)13-23(5-2)12-15-6-7-17-11-21-19(20(25)26)9-8-16(17)10-15;1-2-8-6-4-3-5-7-8/h4,15-17,19,21H,5-13H2,1-3H3,(H,22,24)(H,25,26);3-7H,2H2,1H3/b18-4-;. The third-order valence-electron chi connectivity index (χ3n) is 7.24. The molecule has 0 aromatic heterocycles. The molecule has 7 nitrogen and oxygen atoms in total. The van der Waals surface area contributed by atoms with Crippen molar-refractivity contribution in [3.05, 3.63) is 47.7 Å². The number of allylic oxidation sites excluding steroid dienone is 1. The van der Waals surface area contributed by atoms with Crippen LogP contribution in [0.4, 0.5) is 0 Å². The van der Waals surface area contributed by atoms with Crippen molar-refractivity contribution in [1.82, 2.24) is 15.7 Å². The molecular formula is C28H45N3O4. The van der Waals surface area contributed by atoms with Crippen molar-refractivity contribution in [3.63, 3.8) is 0 Å². The van der Waals surface area contributed by atoms with Gasteiger partial charge in [-0.3, -0.25) is 14.5 Å². The van der Waals surface area contributed by atoms with E-state index in [4.69, 9.17) is 4.84 Å². The number of likely N-dealkylation sites (N-methyl/N-ethyl adjacent to an activating group) is 1. The number of fused-ring (bicyclic) bond motifs is 1. The van der Waals surface area contributed by atoms with Gasteiger partial charge in [0, 0.05) is 13.5 Å². The molecule has 1 heterocycles. The molecule has 0 spiro atoms. The van der Waals surface area contributed by atoms with Crippen molar-refractivity contribution in [1.29, 1.82) is 0 Å². The van der Waals surface area contributed by atoms with Crippen LogP contribution in [0.3, 0.4) is 0 Å². The number of nitrogens with zero attached hydrogens (tertiary/aromatic N) is 1. The van der Waals surface area contributed by atoms with Crippen molar-refractivity contribution < 1.29 is 19.5 Å². The number of hydroxylamine groups is 1. The van der Waals surface area contributed by atoms with E-state index in [1.807, 2.05) is 19.1 Å². The maximum atomic E-state index is 11.3. The van der Waals surface area contributed by atoms with Crippen LogP contribution in [-0.4, -0.2) is 54.1 Å². The summed E-state index contributed by atoms with van der Waals surface area (Å²) in [6, 6.07) is 10.1. The van der Waals surface area contributed by atoms with Crippen LogP contribution < -0.4 is 10.8 Å². The second-order valence-electron chi connectivity index (χ2n) is 9.76. The van der Waals surface area contributed by atoms with Gasteiger partial charge in [0.2, 0.25) is 5.91 Å². The van der Waals surface area contributed by atoms with E-state index in [2.05, 4.69) is 53.8 Å². The van der Waals surface area contributed by atoms with Gasteiger partial charge in [-0.15, -0.1) is 0 Å². The summed E-state index contributed by atoms with van der Waals surface area (Å²) >= 11 is 0. The van der Waals surface area contributed by atoms with Gasteiger partial charge in [0.25, 0.3) is 0 Å². The molecule has 4 atom stereocenters. The number of aliphatic carboxylic acids is 1. The molecular weight excluding hydrogens is 442 g/mol. The molecule has 3 N–H and O–H groups in total. The van der Waals surface area contributed by atoms with E-state index in [9.17, 15) is 14.7 Å². The number of carboxylic acids is 1. The number of benzene rings is 1. The van der Waals surface area contributed by atoms with Gasteiger partial charge < -0.3 is 15.3 Å². The fourth-order valence-electron chi connectivity index (χ4n) is 5.12. The zero-order valence-electron chi connectivity index (χ0n) is 22.0. The SMILES string of the molecule is C/C=C(/CN(CC)CC1CCC2CNC(C(=O)O)CCC2C1)ONC(C)=O.CCc1ccccc1. The summed E-state index contributed by atoms with van der Waals surface area (Å²) in [4.78, 5) is 30.0. The highest BCUT2D eigenvalue weighted by Gasteiger charge is 2.35. The van der Waals surface area contributed by atoms with Crippen LogP contribution in [0.25, 0.3) is 0 Å². The topological polar surface area (TPSA) is 90.9 Å². The molecule has 35 heavy (non-hydrogen) atoms. The Morgan fingerprint density at radius 2 is 1.86 bits per heavy atom. The van der Waals surface area contributed by atoms with E-state index in [1.165, 1.54) is 31.7 Å². The Morgan fingerprint density at radius 1 is 1.14 bits per heavy atom. The first-order valence-electron chi connectivity index (χ1n) is 13.2. The predicted molar refractivity (Wildman–Crippen MR) is 140 cm³/mol. The van der Waals surface area contributed by atoms with Crippen molar-refractivity contribution >= 4 is 11.9 Å². The second-order valence-corrected chi connectivity index (χ2v) is 9.76. The Bertz CT molecular complexity index is 799. The van der Waals surface area contributed by atoms with E-state index in [-0.39, 0.29) is 11.9 Å². The largest absolute Gasteiger partial charge is 0.480 e.